The van der Waals surface area contributed by atoms with Crippen molar-refractivity contribution >= 4 is 29.3 Å². The van der Waals surface area contributed by atoms with Crippen LogP contribution in [-0.2, 0) is 11.0 Å². The fourth-order valence-corrected chi connectivity index (χ4v) is 2.32. The largest absolute Gasteiger partial charge is 0.481 e. The summed E-state index contributed by atoms with van der Waals surface area (Å²) < 4.78 is 38.5. The fraction of sp³-hybridized carbons (Fsp3) is 0.385. The van der Waals surface area contributed by atoms with E-state index in [2.05, 4.69) is 10.6 Å². The standard InChI is InChI=1S/C13H12ClF3N2O3/c14-7-1-2-9(13(15,16)17)10(5-7)19-12(22)18-8-3-6(4-8)11(20)21/h1-2,5-6,8H,3-4H2,(H,20,21)(H2,18,19,22). The number of halogens is 4. The van der Waals surface area contributed by atoms with Crippen LogP contribution in [0, 0.1) is 5.92 Å². The van der Waals surface area contributed by atoms with E-state index in [1.165, 1.54) is 0 Å². The van der Waals surface area contributed by atoms with Gasteiger partial charge in [-0.25, -0.2) is 4.79 Å². The minimum absolute atomic E-state index is 0.0536. The molecule has 0 saturated heterocycles. The summed E-state index contributed by atoms with van der Waals surface area (Å²) in [5.74, 6) is -1.48. The highest BCUT2D eigenvalue weighted by Gasteiger charge is 2.36. The van der Waals surface area contributed by atoms with Gasteiger partial charge in [-0.1, -0.05) is 11.6 Å². The number of amides is 2. The van der Waals surface area contributed by atoms with Crippen LogP contribution in [-0.4, -0.2) is 23.1 Å². The van der Waals surface area contributed by atoms with Crippen molar-refractivity contribution in [3.8, 4) is 0 Å². The van der Waals surface area contributed by atoms with Gasteiger partial charge in [0, 0.05) is 11.1 Å². The summed E-state index contributed by atoms with van der Waals surface area (Å²) in [7, 11) is 0. The molecule has 0 unspecified atom stereocenters. The Balaban J connectivity index is 2.00. The second kappa shape index (κ2) is 6.04. The monoisotopic (exact) mass is 336 g/mol. The Kier molecular flexibility index (Phi) is 4.50. The predicted octanol–water partition coefficient (Wildman–Crippen LogP) is 3.34. The van der Waals surface area contributed by atoms with Crippen LogP contribution in [0.2, 0.25) is 5.02 Å². The van der Waals surface area contributed by atoms with E-state index in [4.69, 9.17) is 16.7 Å². The van der Waals surface area contributed by atoms with Crippen LogP contribution in [0.15, 0.2) is 18.2 Å². The molecule has 5 nitrogen and oxygen atoms in total. The zero-order valence-corrected chi connectivity index (χ0v) is 11.8. The Morgan fingerprint density at radius 3 is 2.45 bits per heavy atom. The summed E-state index contributed by atoms with van der Waals surface area (Å²) in [5.41, 5.74) is -1.46. The van der Waals surface area contributed by atoms with Crippen LogP contribution in [0.3, 0.4) is 0 Å². The number of anilines is 1. The third kappa shape index (κ3) is 3.82. The lowest BCUT2D eigenvalue weighted by molar-refractivity contribution is -0.145. The number of benzene rings is 1. The zero-order chi connectivity index (χ0) is 16.5. The summed E-state index contributed by atoms with van der Waals surface area (Å²) in [6.45, 7) is 0. The molecule has 22 heavy (non-hydrogen) atoms. The van der Waals surface area contributed by atoms with E-state index in [0.717, 1.165) is 18.2 Å². The molecule has 0 spiro atoms. The van der Waals surface area contributed by atoms with Gasteiger partial charge < -0.3 is 15.7 Å². The summed E-state index contributed by atoms with van der Waals surface area (Å²) in [6.07, 6.45) is -4.12. The molecule has 3 N–H and O–H groups in total. The maximum atomic E-state index is 12.8. The number of carboxylic acid groups (broad SMARTS) is 1. The van der Waals surface area contributed by atoms with Crippen LogP contribution in [0.1, 0.15) is 18.4 Å². The number of nitrogens with one attached hydrogen (secondary N) is 2. The Morgan fingerprint density at radius 2 is 1.91 bits per heavy atom. The normalized spacial score (nSPS) is 20.9. The quantitative estimate of drug-likeness (QED) is 0.792. The summed E-state index contributed by atoms with van der Waals surface area (Å²) >= 11 is 5.64. The molecule has 0 aromatic heterocycles. The van der Waals surface area contributed by atoms with Gasteiger partial charge in [-0.3, -0.25) is 4.79 Å². The minimum atomic E-state index is -4.63. The Bertz CT molecular complexity index is 601. The smallest absolute Gasteiger partial charge is 0.418 e. The number of rotatable bonds is 3. The van der Waals surface area contributed by atoms with Gasteiger partial charge in [-0.2, -0.15) is 13.2 Å². The molecule has 1 fully saturated rings. The van der Waals surface area contributed by atoms with Crippen molar-refractivity contribution < 1.29 is 27.9 Å². The first-order valence-electron chi connectivity index (χ1n) is 6.34. The van der Waals surface area contributed by atoms with Crippen LogP contribution >= 0.6 is 11.6 Å². The zero-order valence-electron chi connectivity index (χ0n) is 11.1. The molecule has 1 aliphatic rings. The number of carboxylic acids is 1. The first-order chi connectivity index (χ1) is 10.2. The van der Waals surface area contributed by atoms with E-state index in [1.807, 2.05) is 0 Å². The van der Waals surface area contributed by atoms with Gasteiger partial charge in [0.2, 0.25) is 0 Å². The Morgan fingerprint density at radius 1 is 1.27 bits per heavy atom. The highest BCUT2D eigenvalue weighted by Crippen LogP contribution is 2.36. The third-order valence-corrected chi connectivity index (χ3v) is 3.59. The van der Waals surface area contributed by atoms with E-state index in [1.54, 1.807) is 0 Å². The molecule has 0 aliphatic heterocycles. The summed E-state index contributed by atoms with van der Waals surface area (Å²) in [4.78, 5) is 22.3. The van der Waals surface area contributed by atoms with Crippen LogP contribution in [0.5, 0.6) is 0 Å². The molecule has 120 valence electrons. The number of hydrogen-bond acceptors (Lipinski definition) is 2. The van der Waals surface area contributed by atoms with Crippen LogP contribution in [0.25, 0.3) is 0 Å². The average molecular weight is 337 g/mol. The number of aliphatic carboxylic acids is 1. The van der Waals surface area contributed by atoms with Crippen molar-refractivity contribution in [3.63, 3.8) is 0 Å². The molecule has 9 heteroatoms. The lowest BCUT2D eigenvalue weighted by atomic mass is 9.80. The van der Waals surface area contributed by atoms with Crippen LogP contribution in [0.4, 0.5) is 23.7 Å². The van der Waals surface area contributed by atoms with E-state index in [0.29, 0.717) is 0 Å². The van der Waals surface area contributed by atoms with Crippen molar-refractivity contribution in [2.24, 2.45) is 5.92 Å². The van der Waals surface area contributed by atoms with Crippen molar-refractivity contribution in [1.82, 2.24) is 5.32 Å². The van der Waals surface area contributed by atoms with Crippen molar-refractivity contribution in [3.05, 3.63) is 28.8 Å². The van der Waals surface area contributed by atoms with Gasteiger partial charge >= 0.3 is 18.2 Å². The first kappa shape index (κ1) is 16.4. The van der Waals surface area contributed by atoms with Gasteiger partial charge in [0.15, 0.2) is 0 Å². The van der Waals surface area contributed by atoms with E-state index in [-0.39, 0.29) is 23.9 Å². The Hall–Kier alpha value is -1.96. The number of hydrogen-bond donors (Lipinski definition) is 3. The molecule has 1 saturated carbocycles. The van der Waals surface area contributed by atoms with Crippen molar-refractivity contribution in [2.75, 3.05) is 5.32 Å². The topological polar surface area (TPSA) is 78.4 Å². The molecule has 0 heterocycles. The van der Waals surface area contributed by atoms with Crippen molar-refractivity contribution in [2.45, 2.75) is 25.1 Å². The lowest BCUT2D eigenvalue weighted by Crippen LogP contribution is -2.48. The van der Waals surface area contributed by atoms with Gasteiger partial charge in [-0.15, -0.1) is 0 Å². The van der Waals surface area contributed by atoms with Crippen molar-refractivity contribution in [1.29, 1.82) is 0 Å². The highest BCUT2D eigenvalue weighted by molar-refractivity contribution is 6.31. The number of urea groups is 1. The molecule has 1 aliphatic carbocycles. The van der Waals surface area contributed by atoms with E-state index >= 15 is 0 Å². The number of carbonyl (C=O) groups is 2. The predicted molar refractivity (Wildman–Crippen MR) is 72.8 cm³/mol. The Labute approximate surface area is 128 Å². The molecule has 1 aromatic carbocycles. The highest BCUT2D eigenvalue weighted by atomic mass is 35.5. The number of alkyl halides is 3. The second-order valence-corrected chi connectivity index (χ2v) is 5.43. The fourth-order valence-electron chi connectivity index (χ4n) is 2.15. The van der Waals surface area contributed by atoms with Gasteiger partial charge in [-0.05, 0) is 31.0 Å². The second-order valence-electron chi connectivity index (χ2n) is 4.99. The minimum Gasteiger partial charge on any atom is -0.481 e. The lowest BCUT2D eigenvalue weighted by Gasteiger charge is -2.32. The van der Waals surface area contributed by atoms with Gasteiger partial charge in [0.05, 0.1) is 17.2 Å². The third-order valence-electron chi connectivity index (χ3n) is 3.36. The number of carbonyl (C=O) groups excluding carboxylic acids is 1. The SMILES string of the molecule is O=C(Nc1cc(Cl)ccc1C(F)(F)F)NC1CC(C(=O)O)C1. The van der Waals surface area contributed by atoms with E-state index < -0.39 is 35.3 Å². The molecular formula is C13H12ClF3N2O3. The first-order valence-corrected chi connectivity index (χ1v) is 6.71. The molecular weight excluding hydrogens is 325 g/mol. The molecule has 0 atom stereocenters. The maximum Gasteiger partial charge on any atom is 0.418 e. The average Bonchev–Trinajstić information content (AvgIpc) is 2.31. The molecule has 2 rings (SSSR count). The molecule has 0 bridgehead atoms. The molecule has 2 amide bonds. The van der Waals surface area contributed by atoms with Crippen LogP contribution < -0.4 is 10.6 Å². The molecule has 1 aromatic rings. The van der Waals surface area contributed by atoms with Gasteiger partial charge in [0.25, 0.3) is 0 Å². The molecule has 0 radical (unpaired) electrons. The summed E-state index contributed by atoms with van der Waals surface area (Å²) in [6, 6.07) is 1.67. The van der Waals surface area contributed by atoms with E-state index in [9.17, 15) is 22.8 Å². The van der Waals surface area contributed by atoms with Gasteiger partial charge in [0.1, 0.15) is 0 Å². The maximum absolute atomic E-state index is 12.8. The summed E-state index contributed by atoms with van der Waals surface area (Å²) in [5, 5.41) is 13.3.